The highest BCUT2D eigenvalue weighted by Crippen LogP contribution is 2.53. The molecular formula is C50H51BN2. The highest BCUT2D eigenvalue weighted by molar-refractivity contribution is 6.91. The number of hydrogen-bond donors (Lipinski definition) is 0. The monoisotopic (exact) mass is 690 g/mol. The van der Waals surface area contributed by atoms with Gasteiger partial charge in [-0.3, -0.25) is 0 Å². The molecule has 0 unspecified atom stereocenters. The number of rotatable bonds is 0. The summed E-state index contributed by atoms with van der Waals surface area (Å²) < 4.78 is 5.64. The lowest BCUT2D eigenvalue weighted by Gasteiger charge is -2.38. The summed E-state index contributed by atoms with van der Waals surface area (Å²) in [6, 6.07) is 7.33. The van der Waals surface area contributed by atoms with Crippen LogP contribution in [0.4, 0.5) is 0 Å². The second kappa shape index (κ2) is 10.1. The Kier molecular flexibility index (Phi) is 6.23. The van der Waals surface area contributed by atoms with E-state index >= 15 is 0 Å². The molecule has 53 heavy (non-hydrogen) atoms. The fourth-order valence-electron chi connectivity index (χ4n) is 11.4. The van der Waals surface area contributed by atoms with Crippen molar-refractivity contribution in [1.29, 1.82) is 0 Å². The molecule has 264 valence electrons. The summed E-state index contributed by atoms with van der Waals surface area (Å²) in [6.07, 6.45) is 0. The van der Waals surface area contributed by atoms with Crippen LogP contribution in [0.1, 0.15) is 89.0 Å². The van der Waals surface area contributed by atoms with Crippen molar-refractivity contribution in [2.75, 3.05) is 0 Å². The lowest BCUT2D eigenvalue weighted by Crippen LogP contribution is -2.57. The van der Waals surface area contributed by atoms with Crippen LogP contribution < -0.4 is 10.9 Å². The van der Waals surface area contributed by atoms with Gasteiger partial charge in [-0.25, -0.2) is 0 Å². The molecule has 2 aliphatic rings. The second-order valence-corrected chi connectivity index (χ2v) is 17.4. The average Bonchev–Trinajstić information content (AvgIpc) is 3.68. The molecule has 2 nitrogen and oxygen atoms in total. The highest BCUT2D eigenvalue weighted by Gasteiger charge is 2.46. The number of aryl methyl sites for hydroxylation is 6. The van der Waals surface area contributed by atoms with Crippen LogP contribution >= 0.6 is 0 Å². The maximum absolute atomic E-state index is 2.87. The summed E-state index contributed by atoms with van der Waals surface area (Å²) >= 11 is 0. The minimum atomic E-state index is 0.0417. The Bertz CT molecular complexity index is 3160. The van der Waals surface area contributed by atoms with Gasteiger partial charge in [0.05, 0.1) is 11.0 Å². The fourth-order valence-corrected chi connectivity index (χ4v) is 11.4. The van der Waals surface area contributed by atoms with Gasteiger partial charge < -0.3 is 9.05 Å². The van der Waals surface area contributed by atoms with E-state index < -0.39 is 0 Å². The van der Waals surface area contributed by atoms with E-state index in [1.165, 1.54) is 171 Å². The largest absolute Gasteiger partial charge is 0.375 e. The van der Waals surface area contributed by atoms with Crippen molar-refractivity contribution in [3.05, 3.63) is 107 Å². The summed E-state index contributed by atoms with van der Waals surface area (Å²) in [6.45, 7) is 37.9. The maximum atomic E-state index is 2.87. The molecule has 2 aliphatic heterocycles. The van der Waals surface area contributed by atoms with Crippen LogP contribution in [0.2, 0.25) is 0 Å². The third kappa shape index (κ3) is 3.42. The van der Waals surface area contributed by atoms with Gasteiger partial charge in [-0.2, -0.15) is 0 Å². The Morgan fingerprint density at radius 1 is 0.358 bits per heavy atom. The molecule has 0 saturated heterocycles. The number of fused-ring (bicyclic) bond motifs is 14. The lowest BCUT2D eigenvalue weighted by atomic mass is 9.43. The van der Waals surface area contributed by atoms with E-state index in [4.69, 9.17) is 0 Å². The standard InChI is InChI=1S/C50H51BN2/c1-20-17-18-36-37(19-20)43-41-29(10)21(2)24(5)33(14)46(41)52-48-35(16)26(7)23(4)32(13)44(48)51-45(50(43)52)42(36)40-31(12)27(8)30(11)39-38-28(9)22(3)25(6)34(15)47(38)53(51)49(39)40/h17-19H,1-16H3. The molecular weight excluding hydrogens is 639 g/mol. The van der Waals surface area contributed by atoms with Crippen LogP contribution in [0.15, 0.2) is 18.2 Å². The van der Waals surface area contributed by atoms with Crippen LogP contribution in [0.25, 0.3) is 71.2 Å². The van der Waals surface area contributed by atoms with E-state index in [0.29, 0.717) is 0 Å². The van der Waals surface area contributed by atoms with Crippen molar-refractivity contribution in [1.82, 2.24) is 9.05 Å². The molecule has 10 rings (SSSR count). The molecule has 0 radical (unpaired) electrons. The first kappa shape index (κ1) is 32.9. The van der Waals surface area contributed by atoms with Crippen molar-refractivity contribution in [2.45, 2.75) is 111 Å². The van der Waals surface area contributed by atoms with E-state index in [9.17, 15) is 0 Å². The first-order valence-electron chi connectivity index (χ1n) is 19.7. The SMILES string of the molecule is Cc1ccc2c3c4c5c(c2c1)c1c(C)c(C)c(C)c(C)c1n5-c1c(C)c(C)c(C)c(C)c1B4n1c2c(C)c(C)c(C)c(C)c2c2c(C)c(C)c(C)c-3c21. The number of aromatic nitrogens is 2. The van der Waals surface area contributed by atoms with Crippen LogP contribution in [-0.2, 0) is 0 Å². The van der Waals surface area contributed by atoms with E-state index in [1.54, 1.807) is 0 Å². The third-order valence-corrected chi connectivity index (χ3v) is 15.5. The third-order valence-electron chi connectivity index (χ3n) is 15.5. The van der Waals surface area contributed by atoms with Crippen LogP contribution in [0, 0.1) is 111 Å². The smallest absolute Gasteiger partial charge is 0.333 e. The van der Waals surface area contributed by atoms with Gasteiger partial charge in [-0.15, -0.1) is 0 Å². The molecule has 0 spiro atoms. The molecule has 3 heteroatoms. The topological polar surface area (TPSA) is 9.86 Å². The van der Waals surface area contributed by atoms with E-state index in [1.807, 2.05) is 0 Å². The Hall–Kier alpha value is -4.76. The molecule has 0 atom stereocenters. The maximum Gasteiger partial charge on any atom is 0.333 e. The van der Waals surface area contributed by atoms with Crippen molar-refractivity contribution in [3.8, 4) is 16.8 Å². The molecule has 0 N–H and O–H groups in total. The first-order valence-corrected chi connectivity index (χ1v) is 19.7. The number of nitrogens with zero attached hydrogens (tertiary/aromatic N) is 2. The van der Waals surface area contributed by atoms with E-state index in [-0.39, 0.29) is 6.85 Å². The Morgan fingerprint density at radius 2 is 0.849 bits per heavy atom. The van der Waals surface area contributed by atoms with E-state index in [2.05, 4.69) is 138 Å². The van der Waals surface area contributed by atoms with Gasteiger partial charge in [0.2, 0.25) is 0 Å². The summed E-state index contributed by atoms with van der Waals surface area (Å²) in [5.74, 6) is 0. The summed E-state index contributed by atoms with van der Waals surface area (Å²) in [4.78, 5) is 0. The minimum Gasteiger partial charge on any atom is -0.375 e. The average molecular weight is 691 g/mol. The van der Waals surface area contributed by atoms with Gasteiger partial charge in [-0.05, 0) is 221 Å². The zero-order chi connectivity index (χ0) is 37.8. The predicted octanol–water partition coefficient (Wildman–Crippen LogP) is 11.9. The second-order valence-electron chi connectivity index (χ2n) is 17.4. The zero-order valence-electron chi connectivity index (χ0n) is 34.7. The van der Waals surface area contributed by atoms with Gasteiger partial charge in [0.1, 0.15) is 0 Å². The van der Waals surface area contributed by atoms with Crippen LogP contribution in [0.5, 0.6) is 0 Å². The quantitative estimate of drug-likeness (QED) is 0.140. The van der Waals surface area contributed by atoms with Gasteiger partial charge in [0.25, 0.3) is 0 Å². The summed E-state index contributed by atoms with van der Waals surface area (Å²) in [5.41, 5.74) is 35.5. The Balaban J connectivity index is 1.67. The molecule has 8 aromatic rings. The number of benzene rings is 6. The van der Waals surface area contributed by atoms with Gasteiger partial charge >= 0.3 is 6.85 Å². The molecule has 4 heterocycles. The molecule has 6 aromatic carbocycles. The fraction of sp³-hybridized carbons (Fsp3) is 0.320. The molecule has 2 aromatic heterocycles. The van der Waals surface area contributed by atoms with Gasteiger partial charge in [0, 0.05) is 43.8 Å². The van der Waals surface area contributed by atoms with Crippen molar-refractivity contribution >= 4 is 72.2 Å². The molecule has 0 aliphatic carbocycles. The zero-order valence-corrected chi connectivity index (χ0v) is 34.7. The summed E-state index contributed by atoms with van der Waals surface area (Å²) in [7, 11) is 0. The van der Waals surface area contributed by atoms with Crippen molar-refractivity contribution in [3.63, 3.8) is 0 Å². The van der Waals surface area contributed by atoms with Gasteiger partial charge in [0.15, 0.2) is 0 Å². The Morgan fingerprint density at radius 3 is 1.47 bits per heavy atom. The number of hydrogen-bond acceptors (Lipinski definition) is 0. The van der Waals surface area contributed by atoms with E-state index in [0.717, 1.165) is 0 Å². The molecule has 0 saturated carbocycles. The minimum absolute atomic E-state index is 0.0417. The Labute approximate surface area is 314 Å². The summed E-state index contributed by atoms with van der Waals surface area (Å²) in [5, 5.41) is 8.56. The van der Waals surface area contributed by atoms with Crippen molar-refractivity contribution < 1.29 is 0 Å². The lowest BCUT2D eigenvalue weighted by molar-refractivity contribution is 1.09. The predicted molar refractivity (Wildman–Crippen MR) is 233 cm³/mol. The molecule has 0 amide bonds. The highest BCUT2D eigenvalue weighted by atomic mass is 15.0. The molecule has 0 fully saturated rings. The first-order chi connectivity index (χ1) is 25.0. The van der Waals surface area contributed by atoms with Crippen LogP contribution in [0.3, 0.4) is 0 Å². The van der Waals surface area contributed by atoms with Crippen LogP contribution in [-0.4, -0.2) is 15.9 Å². The normalized spacial score (nSPS) is 13.2. The van der Waals surface area contributed by atoms with Crippen molar-refractivity contribution in [2.24, 2.45) is 0 Å². The molecule has 0 bridgehead atoms. The van der Waals surface area contributed by atoms with Gasteiger partial charge in [-0.1, -0.05) is 23.8 Å².